The van der Waals surface area contributed by atoms with Gasteiger partial charge < -0.3 is 15.1 Å². The van der Waals surface area contributed by atoms with E-state index < -0.39 is 0 Å². The van der Waals surface area contributed by atoms with Crippen molar-refractivity contribution in [2.45, 2.75) is 20.8 Å². The Bertz CT molecular complexity index is 562. The molecule has 5 heteroatoms. The van der Waals surface area contributed by atoms with Gasteiger partial charge in [-0.3, -0.25) is 9.80 Å². The Morgan fingerprint density at radius 2 is 1.76 bits per heavy atom. The Hall–Kier alpha value is -1.56. The molecule has 0 unspecified atom stereocenters. The number of nitrogens with zero attached hydrogens (tertiary/aromatic N) is 3. The Kier molecular flexibility index (Phi) is 7.75. The summed E-state index contributed by atoms with van der Waals surface area (Å²) in [7, 11) is 0. The summed E-state index contributed by atoms with van der Waals surface area (Å²) in [5.74, 6) is 0.353. The molecule has 1 aliphatic rings. The van der Waals surface area contributed by atoms with Gasteiger partial charge in [-0.2, -0.15) is 0 Å². The lowest BCUT2D eigenvalue weighted by atomic mass is 10.0. The third-order valence-electron chi connectivity index (χ3n) is 5.07. The van der Waals surface area contributed by atoms with Crippen molar-refractivity contribution in [1.82, 2.24) is 9.80 Å². The standard InChI is InChI=1S/C20H33N3O2/c1-4-23(5-2)18-6-7-19(20(25)16-18)17(3)8-9-21-10-12-22(13-11-21)14-15-24/h6-8,16,24-25H,4-5,9-15H2,1-3H3/b17-8-. The minimum Gasteiger partial charge on any atom is -0.507 e. The molecule has 1 heterocycles. The first kappa shape index (κ1) is 19.8. The van der Waals surface area contributed by atoms with E-state index in [9.17, 15) is 5.11 Å². The number of phenolic OH excluding ortho intramolecular Hbond substituents is 1. The lowest BCUT2D eigenvalue weighted by Gasteiger charge is -2.33. The largest absolute Gasteiger partial charge is 0.507 e. The van der Waals surface area contributed by atoms with Crippen molar-refractivity contribution in [3.05, 3.63) is 29.8 Å². The minimum atomic E-state index is 0.238. The van der Waals surface area contributed by atoms with Crippen LogP contribution < -0.4 is 4.90 Å². The van der Waals surface area contributed by atoms with Crippen LogP contribution in [0.2, 0.25) is 0 Å². The molecule has 1 aromatic rings. The summed E-state index contributed by atoms with van der Waals surface area (Å²) in [6.45, 7) is 14.2. The molecule has 2 rings (SSSR count). The van der Waals surface area contributed by atoms with Crippen LogP contribution in [0, 0.1) is 0 Å². The van der Waals surface area contributed by atoms with Crippen LogP contribution in [0.3, 0.4) is 0 Å². The molecule has 0 radical (unpaired) electrons. The number of anilines is 1. The van der Waals surface area contributed by atoms with E-state index in [0.717, 1.165) is 69.2 Å². The lowest BCUT2D eigenvalue weighted by Crippen LogP contribution is -2.47. The van der Waals surface area contributed by atoms with E-state index in [1.165, 1.54) is 0 Å². The zero-order valence-electron chi connectivity index (χ0n) is 15.9. The summed E-state index contributed by atoms with van der Waals surface area (Å²) in [4.78, 5) is 6.94. The lowest BCUT2D eigenvalue weighted by molar-refractivity contribution is 0.120. The molecule has 1 aromatic carbocycles. The van der Waals surface area contributed by atoms with Crippen molar-refractivity contribution >= 4 is 11.3 Å². The summed E-state index contributed by atoms with van der Waals surface area (Å²) in [6, 6.07) is 5.98. The number of aromatic hydroxyl groups is 1. The van der Waals surface area contributed by atoms with Crippen molar-refractivity contribution < 1.29 is 10.2 Å². The molecule has 0 saturated carbocycles. The second-order valence-corrected chi connectivity index (χ2v) is 6.63. The number of aliphatic hydroxyl groups excluding tert-OH is 1. The van der Waals surface area contributed by atoms with Crippen molar-refractivity contribution in [1.29, 1.82) is 0 Å². The number of rotatable bonds is 8. The van der Waals surface area contributed by atoms with Gasteiger partial charge in [0.15, 0.2) is 0 Å². The topological polar surface area (TPSA) is 50.2 Å². The Morgan fingerprint density at radius 3 is 2.32 bits per heavy atom. The zero-order chi connectivity index (χ0) is 18.2. The molecule has 2 N–H and O–H groups in total. The number of aliphatic hydroxyl groups is 1. The van der Waals surface area contributed by atoms with E-state index in [4.69, 9.17) is 5.11 Å². The van der Waals surface area contributed by atoms with E-state index in [-0.39, 0.29) is 6.61 Å². The van der Waals surface area contributed by atoms with Crippen LogP contribution in [0.15, 0.2) is 24.3 Å². The van der Waals surface area contributed by atoms with Crippen LogP contribution in [0.4, 0.5) is 5.69 Å². The average Bonchev–Trinajstić information content (AvgIpc) is 2.62. The zero-order valence-corrected chi connectivity index (χ0v) is 15.9. The van der Waals surface area contributed by atoms with Crippen molar-refractivity contribution in [2.24, 2.45) is 0 Å². The predicted octanol–water partition coefficient (Wildman–Crippen LogP) is 2.25. The van der Waals surface area contributed by atoms with E-state index in [0.29, 0.717) is 5.75 Å². The van der Waals surface area contributed by atoms with Crippen LogP contribution in [-0.2, 0) is 0 Å². The van der Waals surface area contributed by atoms with Gasteiger partial charge in [-0.05, 0) is 38.5 Å². The molecule has 5 nitrogen and oxygen atoms in total. The number of hydrogen-bond donors (Lipinski definition) is 2. The SMILES string of the molecule is CCN(CC)c1ccc(/C(C)=C\CN2CCN(CCO)CC2)c(O)c1. The maximum absolute atomic E-state index is 10.4. The maximum Gasteiger partial charge on any atom is 0.125 e. The molecule has 0 amide bonds. The number of piperazine rings is 1. The third kappa shape index (κ3) is 5.46. The molecule has 0 atom stereocenters. The van der Waals surface area contributed by atoms with Crippen molar-refractivity contribution in [2.75, 3.05) is 63.9 Å². The van der Waals surface area contributed by atoms with Crippen LogP contribution >= 0.6 is 0 Å². The molecule has 1 aliphatic heterocycles. The van der Waals surface area contributed by atoms with E-state index in [1.807, 2.05) is 12.1 Å². The highest BCUT2D eigenvalue weighted by Crippen LogP contribution is 2.29. The highest BCUT2D eigenvalue weighted by Gasteiger charge is 2.15. The summed E-state index contributed by atoms with van der Waals surface area (Å²) in [5.41, 5.74) is 3.09. The molecule has 0 aromatic heterocycles. The van der Waals surface area contributed by atoms with Crippen LogP contribution in [0.25, 0.3) is 5.57 Å². The molecular formula is C20H33N3O2. The Balaban J connectivity index is 1.96. The fourth-order valence-corrected chi connectivity index (χ4v) is 3.35. The summed E-state index contributed by atoms with van der Waals surface area (Å²) in [5, 5.41) is 19.4. The molecule has 1 fully saturated rings. The quantitative estimate of drug-likeness (QED) is 0.755. The van der Waals surface area contributed by atoms with E-state index in [2.05, 4.69) is 47.6 Å². The van der Waals surface area contributed by atoms with Gasteiger partial charge in [0.25, 0.3) is 0 Å². The van der Waals surface area contributed by atoms with Crippen molar-refractivity contribution in [3.63, 3.8) is 0 Å². The molecule has 25 heavy (non-hydrogen) atoms. The monoisotopic (exact) mass is 347 g/mol. The maximum atomic E-state index is 10.4. The van der Waals surface area contributed by atoms with Gasteiger partial charge in [0.05, 0.1) is 6.61 Å². The molecule has 1 saturated heterocycles. The highest BCUT2D eigenvalue weighted by molar-refractivity contribution is 5.71. The number of phenols is 1. The molecular weight excluding hydrogens is 314 g/mol. The van der Waals surface area contributed by atoms with Gasteiger partial charge in [0.2, 0.25) is 0 Å². The predicted molar refractivity (Wildman–Crippen MR) is 105 cm³/mol. The number of β-amino-alcohol motifs (C(OH)–C–C–N with tert-alkyl or cyclic N) is 1. The smallest absolute Gasteiger partial charge is 0.125 e. The first-order valence-electron chi connectivity index (χ1n) is 9.39. The summed E-state index contributed by atoms with van der Waals surface area (Å²) < 4.78 is 0. The van der Waals surface area contributed by atoms with Gasteiger partial charge in [0.1, 0.15) is 5.75 Å². The highest BCUT2D eigenvalue weighted by atomic mass is 16.3. The minimum absolute atomic E-state index is 0.238. The molecule has 0 bridgehead atoms. The normalized spacial score (nSPS) is 17.0. The van der Waals surface area contributed by atoms with Crippen LogP contribution in [-0.4, -0.2) is 79.0 Å². The third-order valence-corrected chi connectivity index (χ3v) is 5.07. The fourth-order valence-electron chi connectivity index (χ4n) is 3.35. The average molecular weight is 348 g/mol. The van der Waals surface area contributed by atoms with Gasteiger partial charge in [-0.15, -0.1) is 0 Å². The van der Waals surface area contributed by atoms with Crippen LogP contribution in [0.1, 0.15) is 26.3 Å². The second kappa shape index (κ2) is 9.80. The van der Waals surface area contributed by atoms with Gasteiger partial charge >= 0.3 is 0 Å². The van der Waals surface area contributed by atoms with Gasteiger partial charge in [0, 0.05) is 69.7 Å². The molecule has 140 valence electrons. The second-order valence-electron chi connectivity index (χ2n) is 6.63. The van der Waals surface area contributed by atoms with Crippen LogP contribution in [0.5, 0.6) is 5.75 Å². The van der Waals surface area contributed by atoms with Gasteiger partial charge in [-0.1, -0.05) is 6.08 Å². The van der Waals surface area contributed by atoms with E-state index >= 15 is 0 Å². The number of hydrogen-bond acceptors (Lipinski definition) is 5. The fraction of sp³-hybridized carbons (Fsp3) is 0.600. The summed E-state index contributed by atoms with van der Waals surface area (Å²) >= 11 is 0. The van der Waals surface area contributed by atoms with Crippen molar-refractivity contribution in [3.8, 4) is 5.75 Å². The summed E-state index contributed by atoms with van der Waals surface area (Å²) in [6.07, 6.45) is 2.20. The van der Waals surface area contributed by atoms with Gasteiger partial charge in [-0.25, -0.2) is 0 Å². The molecule has 0 spiro atoms. The Morgan fingerprint density at radius 1 is 1.12 bits per heavy atom. The molecule has 0 aliphatic carbocycles. The van der Waals surface area contributed by atoms with E-state index in [1.54, 1.807) is 0 Å². The first-order chi connectivity index (χ1) is 12.1. The first-order valence-corrected chi connectivity index (χ1v) is 9.39. The number of allylic oxidation sites excluding steroid dienone is 1. The number of benzene rings is 1. The Labute approximate surface area is 152 Å².